The first-order valence-corrected chi connectivity index (χ1v) is 6.66. The second-order valence-electron chi connectivity index (χ2n) is 4.92. The lowest BCUT2D eigenvalue weighted by Gasteiger charge is -2.12. The summed E-state index contributed by atoms with van der Waals surface area (Å²) in [5.41, 5.74) is 6.63. The first kappa shape index (κ1) is 14.9. The molecule has 112 valence electrons. The number of hydrogen-bond donors (Lipinski definition) is 2. The summed E-state index contributed by atoms with van der Waals surface area (Å²) in [6.07, 6.45) is 0. The Morgan fingerprint density at radius 3 is 2.14 bits per heavy atom. The maximum absolute atomic E-state index is 5.82. The molecule has 0 saturated carbocycles. The summed E-state index contributed by atoms with van der Waals surface area (Å²) in [6, 6.07) is 7.21. The third-order valence-corrected chi connectivity index (χ3v) is 2.90. The van der Waals surface area contributed by atoms with Crippen molar-refractivity contribution in [2.45, 2.75) is 19.8 Å². The number of methoxy groups -OCH3 is 2. The van der Waals surface area contributed by atoms with Gasteiger partial charge < -0.3 is 20.5 Å². The molecular formula is C15H20N4O2. The largest absolute Gasteiger partial charge is 0.497 e. The maximum Gasteiger partial charge on any atom is 0.136 e. The number of anilines is 3. The van der Waals surface area contributed by atoms with Crippen LogP contribution in [-0.2, 0) is 0 Å². The molecule has 1 aromatic carbocycles. The highest BCUT2D eigenvalue weighted by Gasteiger charge is 2.08. The summed E-state index contributed by atoms with van der Waals surface area (Å²) in [7, 11) is 3.22. The van der Waals surface area contributed by atoms with Gasteiger partial charge >= 0.3 is 0 Å². The van der Waals surface area contributed by atoms with Crippen molar-refractivity contribution >= 4 is 17.3 Å². The van der Waals surface area contributed by atoms with E-state index >= 15 is 0 Å². The number of aromatic nitrogens is 2. The van der Waals surface area contributed by atoms with Crippen LogP contribution in [0.25, 0.3) is 0 Å². The lowest BCUT2D eigenvalue weighted by atomic mass is 10.2. The number of ether oxygens (including phenoxy) is 2. The molecule has 0 fully saturated rings. The molecule has 0 aliphatic rings. The van der Waals surface area contributed by atoms with Crippen LogP contribution in [0.4, 0.5) is 17.3 Å². The summed E-state index contributed by atoms with van der Waals surface area (Å²) in [5, 5.41) is 3.20. The molecule has 0 aliphatic heterocycles. The minimum atomic E-state index is 0.203. The molecule has 0 atom stereocenters. The fraction of sp³-hybridized carbons (Fsp3) is 0.333. The molecule has 2 rings (SSSR count). The first-order valence-electron chi connectivity index (χ1n) is 6.66. The lowest BCUT2D eigenvalue weighted by molar-refractivity contribution is 0.395. The number of nitrogens with zero attached hydrogens (tertiary/aromatic N) is 2. The molecule has 2 aromatic rings. The highest BCUT2D eigenvalue weighted by molar-refractivity contribution is 5.62. The van der Waals surface area contributed by atoms with E-state index in [0.29, 0.717) is 29.0 Å². The summed E-state index contributed by atoms with van der Waals surface area (Å²) < 4.78 is 10.5. The van der Waals surface area contributed by atoms with Gasteiger partial charge in [-0.1, -0.05) is 13.8 Å². The van der Waals surface area contributed by atoms with Gasteiger partial charge in [0.25, 0.3) is 0 Å². The van der Waals surface area contributed by atoms with E-state index in [-0.39, 0.29) is 5.92 Å². The highest BCUT2D eigenvalue weighted by Crippen LogP contribution is 2.28. The zero-order chi connectivity index (χ0) is 15.4. The second kappa shape index (κ2) is 6.30. The molecule has 0 bridgehead atoms. The predicted octanol–water partition coefficient (Wildman–Crippen LogP) is 2.94. The van der Waals surface area contributed by atoms with E-state index in [0.717, 1.165) is 5.69 Å². The number of nitrogen functional groups attached to an aromatic ring is 1. The fourth-order valence-electron chi connectivity index (χ4n) is 1.84. The lowest BCUT2D eigenvalue weighted by Crippen LogP contribution is -2.05. The molecule has 1 heterocycles. The Hall–Kier alpha value is -2.50. The Morgan fingerprint density at radius 2 is 1.62 bits per heavy atom. The van der Waals surface area contributed by atoms with Crippen LogP contribution in [0.2, 0.25) is 0 Å². The van der Waals surface area contributed by atoms with Crippen molar-refractivity contribution in [2.24, 2.45) is 0 Å². The van der Waals surface area contributed by atoms with Crippen molar-refractivity contribution in [2.75, 3.05) is 25.3 Å². The molecule has 3 N–H and O–H groups in total. The average Bonchev–Trinajstić information content (AvgIpc) is 2.46. The van der Waals surface area contributed by atoms with Gasteiger partial charge in [0.1, 0.15) is 29.0 Å². The molecular weight excluding hydrogens is 268 g/mol. The standard InChI is InChI=1S/C15H20N4O2/c1-9(2)15-18-13(16)8-14(19-15)17-10-5-11(20-3)7-12(6-10)21-4/h5-9H,1-4H3,(H3,16,17,18,19). The molecule has 0 aliphatic carbocycles. The van der Waals surface area contributed by atoms with E-state index in [9.17, 15) is 0 Å². The summed E-state index contributed by atoms with van der Waals surface area (Å²) in [4.78, 5) is 8.68. The van der Waals surface area contributed by atoms with Crippen LogP contribution in [0.15, 0.2) is 24.3 Å². The number of hydrogen-bond acceptors (Lipinski definition) is 6. The van der Waals surface area contributed by atoms with Crippen molar-refractivity contribution in [1.82, 2.24) is 9.97 Å². The van der Waals surface area contributed by atoms with Crippen LogP contribution >= 0.6 is 0 Å². The summed E-state index contributed by atoms with van der Waals surface area (Å²) in [6.45, 7) is 4.04. The van der Waals surface area contributed by atoms with Crippen LogP contribution in [0.5, 0.6) is 11.5 Å². The number of benzene rings is 1. The maximum atomic E-state index is 5.82. The van der Waals surface area contributed by atoms with Gasteiger partial charge in [0, 0.05) is 35.9 Å². The Morgan fingerprint density at radius 1 is 1.00 bits per heavy atom. The SMILES string of the molecule is COc1cc(Nc2cc(N)nc(C(C)C)n2)cc(OC)c1. The Bertz CT molecular complexity index is 607. The second-order valence-corrected chi connectivity index (χ2v) is 4.92. The van der Waals surface area contributed by atoms with Crippen molar-refractivity contribution in [3.63, 3.8) is 0 Å². The fourth-order valence-corrected chi connectivity index (χ4v) is 1.84. The molecule has 0 radical (unpaired) electrons. The number of rotatable bonds is 5. The van der Waals surface area contributed by atoms with Crippen LogP contribution in [-0.4, -0.2) is 24.2 Å². The monoisotopic (exact) mass is 288 g/mol. The predicted molar refractivity (Wildman–Crippen MR) is 83.4 cm³/mol. The zero-order valence-corrected chi connectivity index (χ0v) is 12.7. The Balaban J connectivity index is 2.33. The normalized spacial score (nSPS) is 10.5. The molecule has 0 amide bonds. The van der Waals surface area contributed by atoms with Gasteiger partial charge in [-0.3, -0.25) is 0 Å². The minimum absolute atomic E-state index is 0.203. The van der Waals surface area contributed by atoms with Gasteiger partial charge in [0.15, 0.2) is 0 Å². The van der Waals surface area contributed by atoms with E-state index in [1.807, 2.05) is 26.0 Å². The van der Waals surface area contributed by atoms with E-state index in [1.165, 1.54) is 0 Å². The first-order chi connectivity index (χ1) is 10.0. The van der Waals surface area contributed by atoms with E-state index < -0.39 is 0 Å². The molecule has 0 saturated heterocycles. The molecule has 6 heteroatoms. The van der Waals surface area contributed by atoms with Crippen molar-refractivity contribution in [3.8, 4) is 11.5 Å². The third kappa shape index (κ3) is 3.75. The quantitative estimate of drug-likeness (QED) is 0.880. The van der Waals surface area contributed by atoms with Gasteiger partial charge in [0.05, 0.1) is 14.2 Å². The Kier molecular flexibility index (Phi) is 4.47. The Labute approximate surface area is 124 Å². The van der Waals surface area contributed by atoms with E-state index in [1.54, 1.807) is 26.4 Å². The number of nitrogens with two attached hydrogens (primary N) is 1. The number of nitrogens with one attached hydrogen (secondary N) is 1. The van der Waals surface area contributed by atoms with Gasteiger partial charge in [-0.25, -0.2) is 9.97 Å². The van der Waals surface area contributed by atoms with Crippen LogP contribution in [0.3, 0.4) is 0 Å². The molecule has 21 heavy (non-hydrogen) atoms. The van der Waals surface area contributed by atoms with E-state index in [2.05, 4.69) is 15.3 Å². The molecule has 1 aromatic heterocycles. The summed E-state index contributed by atoms with van der Waals surface area (Å²) >= 11 is 0. The topological polar surface area (TPSA) is 82.3 Å². The summed E-state index contributed by atoms with van der Waals surface area (Å²) in [5.74, 6) is 3.37. The van der Waals surface area contributed by atoms with Gasteiger partial charge in [-0.15, -0.1) is 0 Å². The highest BCUT2D eigenvalue weighted by atomic mass is 16.5. The minimum Gasteiger partial charge on any atom is -0.497 e. The smallest absolute Gasteiger partial charge is 0.136 e. The average molecular weight is 288 g/mol. The van der Waals surface area contributed by atoms with Gasteiger partial charge in [-0.2, -0.15) is 0 Å². The third-order valence-electron chi connectivity index (χ3n) is 2.90. The molecule has 6 nitrogen and oxygen atoms in total. The molecule has 0 spiro atoms. The van der Waals surface area contributed by atoms with Crippen LogP contribution < -0.4 is 20.5 Å². The van der Waals surface area contributed by atoms with Gasteiger partial charge in [-0.05, 0) is 0 Å². The van der Waals surface area contributed by atoms with Gasteiger partial charge in [0.2, 0.25) is 0 Å². The van der Waals surface area contributed by atoms with Crippen LogP contribution in [0, 0.1) is 0 Å². The van der Waals surface area contributed by atoms with Crippen molar-refractivity contribution in [3.05, 3.63) is 30.1 Å². The van der Waals surface area contributed by atoms with Crippen molar-refractivity contribution < 1.29 is 9.47 Å². The van der Waals surface area contributed by atoms with E-state index in [4.69, 9.17) is 15.2 Å². The van der Waals surface area contributed by atoms with Crippen molar-refractivity contribution in [1.29, 1.82) is 0 Å². The zero-order valence-electron chi connectivity index (χ0n) is 12.7. The van der Waals surface area contributed by atoms with Crippen LogP contribution in [0.1, 0.15) is 25.6 Å². The molecule has 0 unspecified atom stereocenters.